The number of nitrogens with zero attached hydrogens (tertiary/aromatic N) is 2. The van der Waals surface area contributed by atoms with Crippen molar-refractivity contribution in [2.75, 3.05) is 14.1 Å². The zero-order valence-electron chi connectivity index (χ0n) is 14.2. The number of allylic oxidation sites excluding steroid dienone is 1. The van der Waals surface area contributed by atoms with Gasteiger partial charge >= 0.3 is 0 Å². The van der Waals surface area contributed by atoms with Crippen molar-refractivity contribution >= 4 is 22.5 Å². The van der Waals surface area contributed by atoms with Crippen molar-refractivity contribution in [1.29, 1.82) is 0 Å². The van der Waals surface area contributed by atoms with E-state index in [1.54, 1.807) is 0 Å². The van der Waals surface area contributed by atoms with Crippen LogP contribution in [0, 0.1) is 6.92 Å². The van der Waals surface area contributed by atoms with Gasteiger partial charge in [-0.3, -0.25) is 0 Å². The quantitative estimate of drug-likeness (QED) is 0.795. The second kappa shape index (κ2) is 7.10. The molecule has 3 nitrogen and oxygen atoms in total. The van der Waals surface area contributed by atoms with Gasteiger partial charge in [-0.25, -0.2) is 4.99 Å². The lowest BCUT2D eigenvalue weighted by atomic mass is 10.0. The van der Waals surface area contributed by atoms with Gasteiger partial charge in [-0.2, -0.15) is 0 Å². The molecule has 1 aliphatic rings. The van der Waals surface area contributed by atoms with E-state index in [0.29, 0.717) is 10.9 Å². The van der Waals surface area contributed by atoms with Gasteiger partial charge in [0, 0.05) is 20.3 Å². The molecule has 0 bridgehead atoms. The third kappa shape index (κ3) is 3.98. The lowest BCUT2D eigenvalue weighted by Gasteiger charge is -2.18. The topological polar surface area (TPSA) is 24.8 Å². The number of rotatable bonds is 4. The molecule has 1 aliphatic heterocycles. The summed E-state index contributed by atoms with van der Waals surface area (Å²) in [6.07, 6.45) is 3.79. The van der Waals surface area contributed by atoms with Crippen molar-refractivity contribution in [3.63, 3.8) is 0 Å². The van der Waals surface area contributed by atoms with E-state index in [-0.39, 0.29) is 0 Å². The molecule has 3 rings (SSSR count). The summed E-state index contributed by atoms with van der Waals surface area (Å²) in [5.41, 5.74) is 4.66. The van der Waals surface area contributed by atoms with Gasteiger partial charge in [-0.1, -0.05) is 47.5 Å². The zero-order valence-corrected chi connectivity index (χ0v) is 15.0. The zero-order chi connectivity index (χ0) is 17.1. The van der Waals surface area contributed by atoms with Crippen molar-refractivity contribution in [2.24, 2.45) is 4.99 Å². The second-order valence-electron chi connectivity index (χ2n) is 6.25. The van der Waals surface area contributed by atoms with E-state index >= 15 is 0 Å². The van der Waals surface area contributed by atoms with Gasteiger partial charge < -0.3 is 9.64 Å². The number of halogens is 1. The fourth-order valence-corrected chi connectivity index (χ4v) is 2.86. The van der Waals surface area contributed by atoms with Crippen LogP contribution in [-0.2, 0) is 12.8 Å². The van der Waals surface area contributed by atoms with Gasteiger partial charge in [0.05, 0.1) is 0 Å². The minimum absolute atomic E-state index is 0.382. The Hall–Kier alpha value is -2.26. The Balaban J connectivity index is 1.76. The molecule has 0 amide bonds. The summed E-state index contributed by atoms with van der Waals surface area (Å²) in [5.74, 6) is 1.31. The maximum atomic E-state index is 6.23. The summed E-state index contributed by atoms with van der Waals surface area (Å²) >= 11 is 6.23. The molecule has 0 saturated carbocycles. The van der Waals surface area contributed by atoms with Crippen molar-refractivity contribution in [2.45, 2.75) is 19.8 Å². The monoisotopic (exact) mass is 340 g/mol. The maximum Gasteiger partial charge on any atom is 0.180 e. The van der Waals surface area contributed by atoms with E-state index in [0.717, 1.165) is 24.3 Å². The number of aliphatic imine (C=N–C) groups is 1. The molecule has 0 atom stereocenters. The van der Waals surface area contributed by atoms with Crippen molar-refractivity contribution < 1.29 is 4.74 Å². The number of benzene rings is 2. The standard InChI is InChI=1S/C20H21ClN2O/c1-14-5-4-6-15(11-14)7-8-16-9-10-18-17(12-16)22-20(21)19(24-18)13-23(2)3/h4-6,9-13H,7-8H2,1-3H3/b19-13-. The van der Waals surface area contributed by atoms with Crippen LogP contribution in [0.5, 0.6) is 5.75 Å². The van der Waals surface area contributed by atoms with E-state index in [1.807, 2.05) is 31.3 Å². The summed E-state index contributed by atoms with van der Waals surface area (Å²) < 4.78 is 5.85. The van der Waals surface area contributed by atoms with E-state index in [9.17, 15) is 0 Å². The second-order valence-corrected chi connectivity index (χ2v) is 6.61. The Labute approximate surface area is 148 Å². The Morgan fingerprint density at radius 2 is 1.83 bits per heavy atom. The molecule has 2 aromatic carbocycles. The lowest BCUT2D eigenvalue weighted by Crippen LogP contribution is -2.13. The third-order valence-corrected chi connectivity index (χ3v) is 4.10. The van der Waals surface area contributed by atoms with Gasteiger partial charge in [0.15, 0.2) is 16.7 Å². The molecule has 4 heteroatoms. The fourth-order valence-electron chi connectivity index (χ4n) is 2.68. The molecular formula is C20H21ClN2O. The first-order valence-electron chi connectivity index (χ1n) is 8.00. The number of hydrogen-bond donors (Lipinski definition) is 0. The SMILES string of the molecule is Cc1cccc(CCc2ccc3c(c2)N=C(Cl)/C(=C/N(C)C)O3)c1. The van der Waals surface area contributed by atoms with Crippen LogP contribution < -0.4 is 4.74 Å². The molecule has 1 heterocycles. The van der Waals surface area contributed by atoms with Gasteiger partial charge in [0.1, 0.15) is 5.69 Å². The summed E-state index contributed by atoms with van der Waals surface area (Å²) in [6, 6.07) is 14.7. The molecule has 0 spiro atoms. The van der Waals surface area contributed by atoms with E-state index in [4.69, 9.17) is 16.3 Å². The molecular weight excluding hydrogens is 320 g/mol. The minimum Gasteiger partial charge on any atom is -0.450 e. The highest BCUT2D eigenvalue weighted by atomic mass is 35.5. The number of aryl methyl sites for hydroxylation is 3. The van der Waals surface area contributed by atoms with E-state index in [2.05, 4.69) is 48.3 Å². The van der Waals surface area contributed by atoms with Gasteiger partial charge in [-0.15, -0.1) is 0 Å². The van der Waals surface area contributed by atoms with Crippen LogP contribution in [0.3, 0.4) is 0 Å². The smallest absolute Gasteiger partial charge is 0.180 e. The molecule has 0 unspecified atom stereocenters. The van der Waals surface area contributed by atoms with Crippen molar-refractivity contribution in [1.82, 2.24) is 4.90 Å². The predicted octanol–water partition coefficient (Wildman–Crippen LogP) is 4.84. The van der Waals surface area contributed by atoms with Crippen LogP contribution in [0.15, 0.2) is 59.4 Å². The average molecular weight is 341 g/mol. The molecule has 0 aromatic heterocycles. The highest BCUT2D eigenvalue weighted by Crippen LogP contribution is 2.35. The van der Waals surface area contributed by atoms with Crippen LogP contribution in [0.25, 0.3) is 0 Å². The van der Waals surface area contributed by atoms with Gasteiger partial charge in [0.25, 0.3) is 0 Å². The maximum absolute atomic E-state index is 6.23. The lowest BCUT2D eigenvalue weighted by molar-refractivity contribution is 0.427. The van der Waals surface area contributed by atoms with E-state index < -0.39 is 0 Å². The summed E-state index contributed by atoms with van der Waals surface area (Å²) in [5, 5.41) is 0.382. The Bertz CT molecular complexity index is 809. The Kier molecular flexibility index (Phi) is 4.91. The van der Waals surface area contributed by atoms with Crippen LogP contribution in [0.2, 0.25) is 0 Å². The first-order chi connectivity index (χ1) is 11.5. The number of fused-ring (bicyclic) bond motifs is 1. The highest BCUT2D eigenvalue weighted by Gasteiger charge is 2.18. The molecule has 0 N–H and O–H groups in total. The van der Waals surface area contributed by atoms with Gasteiger partial charge in [0.2, 0.25) is 0 Å². The molecule has 0 radical (unpaired) electrons. The van der Waals surface area contributed by atoms with Crippen molar-refractivity contribution in [3.05, 3.63) is 71.1 Å². The highest BCUT2D eigenvalue weighted by molar-refractivity contribution is 6.69. The molecule has 0 fully saturated rings. The van der Waals surface area contributed by atoms with Gasteiger partial charge in [-0.05, 0) is 43.0 Å². The van der Waals surface area contributed by atoms with Crippen LogP contribution in [0.1, 0.15) is 16.7 Å². The molecule has 124 valence electrons. The molecule has 24 heavy (non-hydrogen) atoms. The molecule has 0 aliphatic carbocycles. The van der Waals surface area contributed by atoms with Crippen LogP contribution >= 0.6 is 11.6 Å². The van der Waals surface area contributed by atoms with E-state index in [1.165, 1.54) is 16.7 Å². The number of hydrogen-bond acceptors (Lipinski definition) is 3. The largest absolute Gasteiger partial charge is 0.450 e. The first kappa shape index (κ1) is 16.6. The number of ether oxygens (including phenoxy) is 1. The fraction of sp³-hybridized carbons (Fsp3) is 0.250. The Morgan fingerprint density at radius 3 is 2.54 bits per heavy atom. The average Bonchev–Trinajstić information content (AvgIpc) is 2.53. The first-order valence-corrected chi connectivity index (χ1v) is 8.38. The molecule has 0 saturated heterocycles. The molecule has 2 aromatic rings. The Morgan fingerprint density at radius 1 is 1.08 bits per heavy atom. The van der Waals surface area contributed by atoms with Crippen molar-refractivity contribution in [3.8, 4) is 5.75 Å². The summed E-state index contributed by atoms with van der Waals surface area (Å²) in [6.45, 7) is 2.12. The predicted molar refractivity (Wildman–Crippen MR) is 100 cm³/mol. The summed E-state index contributed by atoms with van der Waals surface area (Å²) in [7, 11) is 3.84. The summed E-state index contributed by atoms with van der Waals surface area (Å²) in [4.78, 5) is 6.36. The van der Waals surface area contributed by atoms with Crippen LogP contribution in [0.4, 0.5) is 5.69 Å². The normalized spacial score (nSPS) is 14.8. The third-order valence-electron chi connectivity index (χ3n) is 3.83. The van der Waals surface area contributed by atoms with Crippen LogP contribution in [-0.4, -0.2) is 24.2 Å². The minimum atomic E-state index is 0.382.